The minimum atomic E-state index is -0.188. The van der Waals surface area contributed by atoms with Gasteiger partial charge in [-0.25, -0.2) is 4.39 Å². The van der Waals surface area contributed by atoms with Crippen LogP contribution in [0.15, 0.2) is 23.2 Å². The van der Waals surface area contributed by atoms with Crippen molar-refractivity contribution in [3.8, 4) is 0 Å². The fourth-order valence-corrected chi connectivity index (χ4v) is 2.77. The number of benzene rings is 1. The molecular weight excluding hydrogens is 448 g/mol. The molecule has 146 valence electrons. The summed E-state index contributed by atoms with van der Waals surface area (Å²) in [5, 5.41) is 6.46. The van der Waals surface area contributed by atoms with Crippen molar-refractivity contribution in [3.63, 3.8) is 0 Å². The van der Waals surface area contributed by atoms with Crippen molar-refractivity contribution in [1.82, 2.24) is 20.4 Å². The first-order valence-corrected chi connectivity index (χ1v) is 8.67. The number of aliphatic imine (C=N–C) groups is 1. The molecule has 0 spiro atoms. The fourth-order valence-electron chi connectivity index (χ4n) is 2.77. The molecule has 2 N–H and O–H groups in total. The first-order valence-electron chi connectivity index (χ1n) is 8.67. The maximum atomic E-state index is 13.6. The van der Waals surface area contributed by atoms with E-state index in [9.17, 15) is 9.18 Å². The summed E-state index contributed by atoms with van der Waals surface area (Å²) in [7, 11) is 1.72. The zero-order chi connectivity index (χ0) is 18.2. The SMILES string of the molecule is CN=C(NCCN1CCN(C(C)=O)CC1)NCc1ccc(C)c(F)c1.I. The lowest BCUT2D eigenvalue weighted by molar-refractivity contribution is -0.130. The van der Waals surface area contributed by atoms with Crippen molar-refractivity contribution in [1.29, 1.82) is 0 Å². The first kappa shape index (κ1) is 22.6. The molecule has 6 nitrogen and oxygen atoms in total. The smallest absolute Gasteiger partial charge is 0.219 e. The molecule has 0 radical (unpaired) electrons. The zero-order valence-electron chi connectivity index (χ0n) is 15.7. The van der Waals surface area contributed by atoms with Gasteiger partial charge in [0.25, 0.3) is 0 Å². The number of halogens is 2. The maximum Gasteiger partial charge on any atom is 0.219 e. The van der Waals surface area contributed by atoms with Crippen LogP contribution in [0.3, 0.4) is 0 Å². The largest absolute Gasteiger partial charge is 0.355 e. The van der Waals surface area contributed by atoms with Crippen molar-refractivity contribution < 1.29 is 9.18 Å². The molecule has 1 aliphatic rings. The van der Waals surface area contributed by atoms with Crippen LogP contribution >= 0.6 is 24.0 Å². The maximum absolute atomic E-state index is 13.6. The second-order valence-corrected chi connectivity index (χ2v) is 6.28. The Labute approximate surface area is 172 Å². The van der Waals surface area contributed by atoms with Gasteiger partial charge in [0.15, 0.2) is 5.96 Å². The van der Waals surface area contributed by atoms with Crippen LogP contribution in [-0.4, -0.2) is 68.0 Å². The molecular formula is C18H29FIN5O. The van der Waals surface area contributed by atoms with Crippen molar-refractivity contribution >= 4 is 35.8 Å². The van der Waals surface area contributed by atoms with Crippen LogP contribution in [0.5, 0.6) is 0 Å². The average Bonchev–Trinajstić information content (AvgIpc) is 2.61. The third kappa shape index (κ3) is 7.06. The van der Waals surface area contributed by atoms with Crippen molar-refractivity contribution in [3.05, 3.63) is 35.1 Å². The average molecular weight is 477 g/mol. The summed E-state index contributed by atoms with van der Waals surface area (Å²) in [6.07, 6.45) is 0. The molecule has 0 aliphatic carbocycles. The van der Waals surface area contributed by atoms with E-state index in [1.54, 1.807) is 33.0 Å². The molecule has 0 bridgehead atoms. The lowest BCUT2D eigenvalue weighted by atomic mass is 10.1. The second kappa shape index (κ2) is 11.3. The number of nitrogens with one attached hydrogen (secondary N) is 2. The Balaban J connectivity index is 0.00000338. The van der Waals surface area contributed by atoms with Crippen LogP contribution in [-0.2, 0) is 11.3 Å². The van der Waals surface area contributed by atoms with E-state index in [0.29, 0.717) is 18.1 Å². The third-order valence-electron chi connectivity index (χ3n) is 4.46. The molecule has 2 rings (SSSR count). The summed E-state index contributed by atoms with van der Waals surface area (Å²) in [6, 6.07) is 5.24. The van der Waals surface area contributed by atoms with Crippen molar-refractivity contribution in [2.24, 2.45) is 4.99 Å². The van der Waals surface area contributed by atoms with Gasteiger partial charge in [0.05, 0.1) is 0 Å². The summed E-state index contributed by atoms with van der Waals surface area (Å²) < 4.78 is 13.6. The standard InChI is InChI=1S/C18H28FN5O.HI/c1-14-4-5-16(12-17(14)19)13-22-18(20-3)21-6-7-23-8-10-24(11-9-23)15(2)25;/h4-5,12H,6-11,13H2,1-3H3,(H2,20,21,22);1H. The van der Waals surface area contributed by atoms with E-state index in [1.807, 2.05) is 11.0 Å². The van der Waals surface area contributed by atoms with Gasteiger partial charge in [0, 0.05) is 59.8 Å². The Morgan fingerprint density at radius 1 is 1.23 bits per heavy atom. The molecule has 8 heteroatoms. The molecule has 1 heterocycles. The van der Waals surface area contributed by atoms with Gasteiger partial charge in [-0.2, -0.15) is 0 Å². The van der Waals surface area contributed by atoms with Crippen LogP contribution in [0.1, 0.15) is 18.1 Å². The number of carbonyl (C=O) groups is 1. The van der Waals surface area contributed by atoms with E-state index in [4.69, 9.17) is 0 Å². The first-order chi connectivity index (χ1) is 12.0. The minimum absolute atomic E-state index is 0. The lowest BCUT2D eigenvalue weighted by Gasteiger charge is -2.34. The van der Waals surface area contributed by atoms with Gasteiger partial charge in [-0.1, -0.05) is 12.1 Å². The minimum Gasteiger partial charge on any atom is -0.355 e. The van der Waals surface area contributed by atoms with Crippen molar-refractivity contribution in [2.75, 3.05) is 46.3 Å². The van der Waals surface area contributed by atoms with E-state index in [0.717, 1.165) is 44.8 Å². The summed E-state index contributed by atoms with van der Waals surface area (Å²) in [4.78, 5) is 19.7. The highest BCUT2D eigenvalue weighted by atomic mass is 127. The normalized spacial score (nSPS) is 15.4. The highest BCUT2D eigenvalue weighted by Gasteiger charge is 2.17. The Hall–Kier alpha value is -1.42. The van der Waals surface area contributed by atoms with Crippen LogP contribution in [0.2, 0.25) is 0 Å². The van der Waals surface area contributed by atoms with E-state index < -0.39 is 0 Å². The summed E-state index contributed by atoms with van der Waals surface area (Å²) in [5.74, 6) is 0.658. The van der Waals surface area contributed by atoms with Crippen LogP contribution < -0.4 is 10.6 Å². The third-order valence-corrected chi connectivity index (χ3v) is 4.46. The van der Waals surface area contributed by atoms with Gasteiger partial charge in [-0.3, -0.25) is 14.7 Å². The Morgan fingerprint density at radius 2 is 1.92 bits per heavy atom. The highest BCUT2D eigenvalue weighted by molar-refractivity contribution is 14.0. The number of guanidine groups is 1. The number of rotatable bonds is 5. The number of hydrogen-bond donors (Lipinski definition) is 2. The molecule has 0 atom stereocenters. The zero-order valence-corrected chi connectivity index (χ0v) is 18.0. The quantitative estimate of drug-likeness (QED) is 0.384. The highest BCUT2D eigenvalue weighted by Crippen LogP contribution is 2.08. The van der Waals surface area contributed by atoms with Crippen molar-refractivity contribution in [2.45, 2.75) is 20.4 Å². The molecule has 1 aliphatic heterocycles. The number of amides is 1. The van der Waals surface area contributed by atoms with E-state index >= 15 is 0 Å². The number of carbonyl (C=O) groups excluding carboxylic acids is 1. The molecule has 0 unspecified atom stereocenters. The van der Waals surface area contributed by atoms with Gasteiger partial charge in [-0.15, -0.1) is 24.0 Å². The predicted octanol–water partition coefficient (Wildman–Crippen LogP) is 1.58. The van der Waals surface area contributed by atoms with Gasteiger partial charge < -0.3 is 15.5 Å². The topological polar surface area (TPSA) is 60.0 Å². The van der Waals surface area contributed by atoms with E-state index in [2.05, 4.69) is 20.5 Å². The van der Waals surface area contributed by atoms with Gasteiger partial charge in [-0.05, 0) is 24.1 Å². The number of aryl methyl sites for hydroxylation is 1. The molecule has 0 aromatic heterocycles. The summed E-state index contributed by atoms with van der Waals surface area (Å²) in [5.41, 5.74) is 1.53. The second-order valence-electron chi connectivity index (χ2n) is 6.28. The monoisotopic (exact) mass is 477 g/mol. The predicted molar refractivity (Wildman–Crippen MR) is 113 cm³/mol. The molecule has 1 saturated heterocycles. The van der Waals surface area contributed by atoms with Crippen LogP contribution in [0, 0.1) is 12.7 Å². The molecule has 1 aromatic carbocycles. The molecule has 0 saturated carbocycles. The van der Waals surface area contributed by atoms with E-state index in [-0.39, 0.29) is 35.7 Å². The number of hydrogen-bond acceptors (Lipinski definition) is 3. The van der Waals surface area contributed by atoms with Gasteiger partial charge >= 0.3 is 0 Å². The lowest BCUT2D eigenvalue weighted by Crippen LogP contribution is -2.50. The van der Waals surface area contributed by atoms with Gasteiger partial charge in [0.2, 0.25) is 5.91 Å². The summed E-state index contributed by atoms with van der Waals surface area (Å²) >= 11 is 0. The Morgan fingerprint density at radius 3 is 2.50 bits per heavy atom. The molecule has 1 fully saturated rings. The van der Waals surface area contributed by atoms with Gasteiger partial charge in [0.1, 0.15) is 5.82 Å². The fraction of sp³-hybridized carbons (Fsp3) is 0.556. The molecule has 1 aromatic rings. The van der Waals surface area contributed by atoms with Crippen LogP contribution in [0.4, 0.5) is 4.39 Å². The van der Waals surface area contributed by atoms with Crippen LogP contribution in [0.25, 0.3) is 0 Å². The number of piperazine rings is 1. The Kier molecular flexibility index (Phi) is 9.85. The molecule has 1 amide bonds. The molecule has 26 heavy (non-hydrogen) atoms. The number of nitrogens with zero attached hydrogens (tertiary/aromatic N) is 3. The Bertz CT molecular complexity index is 618. The van der Waals surface area contributed by atoms with E-state index in [1.165, 1.54) is 0 Å². The summed E-state index contributed by atoms with van der Waals surface area (Å²) in [6.45, 7) is 8.94.